The van der Waals surface area contributed by atoms with Gasteiger partial charge in [-0.25, -0.2) is 4.79 Å². The van der Waals surface area contributed by atoms with Crippen molar-refractivity contribution in [3.8, 4) is 0 Å². The number of halogens is 3. The minimum Gasteiger partial charge on any atom is -0.478 e. The fraction of sp³-hybridized carbons (Fsp3) is 0.357. The maximum atomic E-state index is 13.0. The van der Waals surface area contributed by atoms with Crippen LogP contribution in [0.3, 0.4) is 0 Å². The van der Waals surface area contributed by atoms with E-state index in [0.29, 0.717) is 17.8 Å². The lowest BCUT2D eigenvalue weighted by Gasteiger charge is -2.21. The lowest BCUT2D eigenvalue weighted by molar-refractivity contribution is -0.137. The molecule has 108 valence electrons. The Morgan fingerprint density at radius 2 is 2.05 bits per heavy atom. The highest BCUT2D eigenvalue weighted by Gasteiger charge is 2.34. The second kappa shape index (κ2) is 5.19. The molecule has 2 rings (SSSR count). The summed E-state index contributed by atoms with van der Waals surface area (Å²) in [7, 11) is 1.76. The van der Waals surface area contributed by atoms with E-state index < -0.39 is 17.7 Å². The summed E-state index contributed by atoms with van der Waals surface area (Å²) in [4.78, 5) is 12.2. The molecule has 3 nitrogen and oxygen atoms in total. The average molecular weight is 285 g/mol. The fourth-order valence-corrected chi connectivity index (χ4v) is 1.99. The van der Waals surface area contributed by atoms with Gasteiger partial charge in [0.1, 0.15) is 0 Å². The van der Waals surface area contributed by atoms with Gasteiger partial charge < -0.3 is 10.0 Å². The SMILES string of the molecule is CN(c1ccc(/C=C/C(=O)O)c(C(F)(F)F)c1)C1CC1. The highest BCUT2D eigenvalue weighted by molar-refractivity contribution is 5.85. The van der Waals surface area contributed by atoms with Crippen LogP contribution in [-0.4, -0.2) is 24.2 Å². The number of carbonyl (C=O) groups is 1. The number of carboxylic acids is 1. The van der Waals surface area contributed by atoms with Gasteiger partial charge in [0.05, 0.1) is 5.56 Å². The van der Waals surface area contributed by atoms with Gasteiger partial charge in [0.15, 0.2) is 0 Å². The minimum absolute atomic E-state index is 0.146. The van der Waals surface area contributed by atoms with Crippen LogP contribution in [-0.2, 0) is 11.0 Å². The summed E-state index contributed by atoms with van der Waals surface area (Å²) in [5.41, 5.74) is -0.472. The lowest BCUT2D eigenvalue weighted by atomic mass is 10.0. The van der Waals surface area contributed by atoms with Crippen LogP contribution in [0.25, 0.3) is 6.08 Å². The molecule has 1 aromatic carbocycles. The number of rotatable bonds is 4. The lowest BCUT2D eigenvalue weighted by Crippen LogP contribution is -2.20. The van der Waals surface area contributed by atoms with E-state index in [-0.39, 0.29) is 5.56 Å². The maximum absolute atomic E-state index is 13.0. The van der Waals surface area contributed by atoms with Crippen LogP contribution in [0.2, 0.25) is 0 Å². The number of anilines is 1. The van der Waals surface area contributed by atoms with Crippen molar-refractivity contribution in [1.82, 2.24) is 0 Å². The van der Waals surface area contributed by atoms with E-state index >= 15 is 0 Å². The van der Waals surface area contributed by atoms with Crippen molar-refractivity contribution in [3.63, 3.8) is 0 Å². The van der Waals surface area contributed by atoms with Gasteiger partial charge in [-0.15, -0.1) is 0 Å². The van der Waals surface area contributed by atoms with Crippen molar-refractivity contribution in [3.05, 3.63) is 35.4 Å². The van der Waals surface area contributed by atoms with E-state index in [1.807, 2.05) is 4.90 Å². The van der Waals surface area contributed by atoms with Crippen LogP contribution in [0, 0.1) is 0 Å². The Bertz CT molecular complexity index is 548. The highest BCUT2D eigenvalue weighted by atomic mass is 19.4. The number of aliphatic carboxylic acids is 1. The van der Waals surface area contributed by atoms with E-state index in [2.05, 4.69) is 0 Å². The number of benzene rings is 1. The van der Waals surface area contributed by atoms with Gasteiger partial charge in [0, 0.05) is 24.9 Å². The standard InChI is InChI=1S/C14H14F3NO2/c1-18(10-5-6-10)11-4-2-9(3-7-13(19)20)12(8-11)14(15,16)17/h2-4,7-8,10H,5-6H2,1H3,(H,19,20)/b7-3+. The monoisotopic (exact) mass is 285 g/mol. The molecule has 0 aromatic heterocycles. The molecule has 0 saturated heterocycles. The minimum atomic E-state index is -4.52. The maximum Gasteiger partial charge on any atom is 0.417 e. The number of hydrogen-bond acceptors (Lipinski definition) is 2. The molecule has 0 unspecified atom stereocenters. The van der Waals surface area contributed by atoms with Crippen molar-refractivity contribution in [2.45, 2.75) is 25.1 Å². The highest BCUT2D eigenvalue weighted by Crippen LogP contribution is 2.37. The van der Waals surface area contributed by atoms with Gasteiger partial charge in [0.2, 0.25) is 0 Å². The topological polar surface area (TPSA) is 40.5 Å². The molecule has 0 heterocycles. The van der Waals surface area contributed by atoms with E-state index in [1.54, 1.807) is 13.1 Å². The first-order valence-electron chi connectivity index (χ1n) is 6.14. The molecular formula is C14H14F3NO2. The smallest absolute Gasteiger partial charge is 0.417 e. The summed E-state index contributed by atoms with van der Waals surface area (Å²) in [5, 5.41) is 8.52. The first-order chi connectivity index (χ1) is 9.29. The number of nitrogens with zero attached hydrogens (tertiary/aromatic N) is 1. The molecule has 1 N–H and O–H groups in total. The summed E-state index contributed by atoms with van der Waals surface area (Å²) in [6.07, 6.45) is -0.878. The van der Waals surface area contributed by atoms with E-state index in [1.165, 1.54) is 6.07 Å². The Hall–Kier alpha value is -1.98. The average Bonchev–Trinajstić information content (AvgIpc) is 3.18. The second-order valence-electron chi connectivity index (χ2n) is 4.78. The Kier molecular flexibility index (Phi) is 3.74. The van der Waals surface area contributed by atoms with E-state index in [0.717, 1.165) is 25.0 Å². The molecule has 1 aliphatic rings. The molecule has 1 aromatic rings. The summed E-state index contributed by atoms with van der Waals surface area (Å²) < 4.78 is 39.1. The van der Waals surface area contributed by atoms with Gasteiger partial charge >= 0.3 is 12.1 Å². The quantitative estimate of drug-likeness (QED) is 0.862. The third-order valence-corrected chi connectivity index (χ3v) is 3.25. The zero-order valence-corrected chi connectivity index (χ0v) is 10.8. The third-order valence-electron chi connectivity index (χ3n) is 3.25. The molecule has 1 saturated carbocycles. The number of alkyl halides is 3. The fourth-order valence-electron chi connectivity index (χ4n) is 1.99. The van der Waals surface area contributed by atoms with Crippen LogP contribution in [0.15, 0.2) is 24.3 Å². The summed E-state index contributed by atoms with van der Waals surface area (Å²) in [5.74, 6) is -1.28. The van der Waals surface area contributed by atoms with Crippen molar-refractivity contribution in [1.29, 1.82) is 0 Å². The zero-order valence-electron chi connectivity index (χ0n) is 10.8. The summed E-state index contributed by atoms with van der Waals surface area (Å²) in [6, 6.07) is 4.25. The van der Waals surface area contributed by atoms with Crippen LogP contribution in [0.1, 0.15) is 24.0 Å². The first kappa shape index (κ1) is 14.4. The van der Waals surface area contributed by atoms with Crippen LogP contribution < -0.4 is 4.90 Å². The van der Waals surface area contributed by atoms with Crippen LogP contribution >= 0.6 is 0 Å². The Balaban J connectivity index is 2.39. The van der Waals surface area contributed by atoms with E-state index in [4.69, 9.17) is 5.11 Å². The normalized spacial score (nSPS) is 15.6. The molecule has 0 aliphatic heterocycles. The van der Waals surface area contributed by atoms with Gasteiger partial charge in [-0.05, 0) is 36.6 Å². The predicted octanol–water partition coefficient (Wildman–Crippen LogP) is 3.40. The molecule has 0 amide bonds. The summed E-state index contributed by atoms with van der Waals surface area (Å²) in [6.45, 7) is 0. The van der Waals surface area contributed by atoms with Crippen molar-refractivity contribution >= 4 is 17.7 Å². The number of carboxylic acid groups (broad SMARTS) is 1. The van der Waals surface area contributed by atoms with Crippen molar-refractivity contribution in [2.75, 3.05) is 11.9 Å². The molecule has 0 bridgehead atoms. The molecule has 0 spiro atoms. The first-order valence-corrected chi connectivity index (χ1v) is 6.14. The molecule has 0 radical (unpaired) electrons. The Labute approximate surface area is 114 Å². The second-order valence-corrected chi connectivity index (χ2v) is 4.78. The van der Waals surface area contributed by atoms with Crippen LogP contribution in [0.4, 0.5) is 18.9 Å². The summed E-state index contributed by atoms with van der Waals surface area (Å²) >= 11 is 0. The van der Waals surface area contributed by atoms with E-state index in [9.17, 15) is 18.0 Å². The number of hydrogen-bond donors (Lipinski definition) is 1. The molecule has 1 fully saturated rings. The largest absolute Gasteiger partial charge is 0.478 e. The molecule has 1 aliphatic carbocycles. The van der Waals surface area contributed by atoms with Gasteiger partial charge in [0.25, 0.3) is 0 Å². The third kappa shape index (κ3) is 3.31. The molecule has 6 heteroatoms. The Morgan fingerprint density at radius 1 is 1.40 bits per heavy atom. The molecular weight excluding hydrogens is 271 g/mol. The molecule has 20 heavy (non-hydrogen) atoms. The van der Waals surface area contributed by atoms with Crippen molar-refractivity contribution in [2.24, 2.45) is 0 Å². The van der Waals surface area contributed by atoms with Crippen LogP contribution in [0.5, 0.6) is 0 Å². The Morgan fingerprint density at radius 3 is 2.55 bits per heavy atom. The predicted molar refractivity (Wildman–Crippen MR) is 69.5 cm³/mol. The zero-order chi connectivity index (χ0) is 14.9. The van der Waals surface area contributed by atoms with Gasteiger partial charge in [-0.3, -0.25) is 0 Å². The molecule has 0 atom stereocenters. The van der Waals surface area contributed by atoms with Gasteiger partial charge in [-0.2, -0.15) is 13.2 Å². The van der Waals surface area contributed by atoms with Gasteiger partial charge in [-0.1, -0.05) is 6.07 Å². The van der Waals surface area contributed by atoms with Crippen molar-refractivity contribution < 1.29 is 23.1 Å².